The highest BCUT2D eigenvalue weighted by Crippen LogP contribution is 2.28. The standard InChI is InChI=1S/C21H24ClN5O2/c1-28-17-8-5-14(11-18(17)29-2)9-10-24-20-19(23)21(27-13-26-20)25-12-15-3-6-16(22)7-4-15/h3-8,11,13H,9-10,12,23H2,1-2H3,(H2,24,25,26,27). The van der Waals surface area contributed by atoms with Crippen LogP contribution < -0.4 is 25.8 Å². The lowest BCUT2D eigenvalue weighted by Crippen LogP contribution is -2.12. The smallest absolute Gasteiger partial charge is 0.160 e. The van der Waals surface area contributed by atoms with Crippen molar-refractivity contribution in [1.82, 2.24) is 9.97 Å². The Morgan fingerprint density at radius 2 is 1.55 bits per heavy atom. The predicted octanol–water partition coefficient (Wildman–Crippen LogP) is 4.00. The van der Waals surface area contributed by atoms with E-state index in [1.807, 2.05) is 42.5 Å². The van der Waals surface area contributed by atoms with Crippen LogP contribution in [0, 0.1) is 0 Å². The molecule has 2 aromatic carbocycles. The summed E-state index contributed by atoms with van der Waals surface area (Å²) in [4.78, 5) is 8.48. The van der Waals surface area contributed by atoms with Crippen LogP contribution in [0.25, 0.3) is 0 Å². The van der Waals surface area contributed by atoms with Gasteiger partial charge in [0.05, 0.1) is 14.2 Å². The lowest BCUT2D eigenvalue weighted by molar-refractivity contribution is 0.354. The number of benzene rings is 2. The number of rotatable bonds is 9. The van der Waals surface area contributed by atoms with E-state index in [4.69, 9.17) is 26.8 Å². The third kappa shape index (κ3) is 5.42. The molecule has 0 radical (unpaired) electrons. The SMILES string of the molecule is COc1ccc(CCNc2ncnc(NCc3ccc(Cl)cc3)c2N)cc1OC. The molecule has 3 rings (SSSR count). The van der Waals surface area contributed by atoms with Gasteiger partial charge in [0.2, 0.25) is 0 Å². The summed E-state index contributed by atoms with van der Waals surface area (Å²) in [6, 6.07) is 13.5. The molecule has 0 saturated carbocycles. The maximum Gasteiger partial charge on any atom is 0.160 e. The highest BCUT2D eigenvalue weighted by Gasteiger charge is 2.09. The van der Waals surface area contributed by atoms with Crippen molar-refractivity contribution in [2.24, 2.45) is 0 Å². The Hall–Kier alpha value is -3.19. The summed E-state index contributed by atoms with van der Waals surface area (Å²) in [6.45, 7) is 1.25. The molecule has 8 heteroatoms. The van der Waals surface area contributed by atoms with Crippen LogP contribution in [0.3, 0.4) is 0 Å². The fraction of sp³-hybridized carbons (Fsp3) is 0.238. The van der Waals surface area contributed by atoms with Crippen molar-refractivity contribution >= 4 is 28.9 Å². The van der Waals surface area contributed by atoms with Crippen molar-refractivity contribution in [3.05, 3.63) is 64.9 Å². The molecule has 4 N–H and O–H groups in total. The molecule has 0 aliphatic rings. The summed E-state index contributed by atoms with van der Waals surface area (Å²) in [5.74, 6) is 2.60. The third-order valence-corrected chi connectivity index (χ3v) is 4.66. The zero-order chi connectivity index (χ0) is 20.6. The lowest BCUT2D eigenvalue weighted by Gasteiger charge is -2.13. The molecule has 0 atom stereocenters. The van der Waals surface area contributed by atoms with E-state index in [9.17, 15) is 0 Å². The van der Waals surface area contributed by atoms with Crippen LogP contribution in [-0.2, 0) is 13.0 Å². The molecular weight excluding hydrogens is 390 g/mol. The van der Waals surface area contributed by atoms with Crippen LogP contribution in [0.2, 0.25) is 5.02 Å². The number of nitrogen functional groups attached to an aromatic ring is 1. The van der Waals surface area contributed by atoms with Crippen LogP contribution in [-0.4, -0.2) is 30.7 Å². The Balaban J connectivity index is 1.58. The second-order valence-electron chi connectivity index (χ2n) is 6.33. The van der Waals surface area contributed by atoms with Gasteiger partial charge in [0, 0.05) is 18.1 Å². The monoisotopic (exact) mass is 413 g/mol. The topological polar surface area (TPSA) is 94.3 Å². The van der Waals surface area contributed by atoms with Gasteiger partial charge in [-0.25, -0.2) is 9.97 Å². The number of hydrogen-bond donors (Lipinski definition) is 3. The first-order valence-electron chi connectivity index (χ1n) is 9.14. The minimum absolute atomic E-state index is 0.480. The van der Waals surface area contributed by atoms with Crippen molar-refractivity contribution < 1.29 is 9.47 Å². The van der Waals surface area contributed by atoms with Crippen LogP contribution in [0.15, 0.2) is 48.8 Å². The zero-order valence-corrected chi connectivity index (χ0v) is 17.2. The Morgan fingerprint density at radius 3 is 2.24 bits per heavy atom. The fourth-order valence-corrected chi connectivity index (χ4v) is 2.95. The van der Waals surface area contributed by atoms with E-state index in [0.717, 1.165) is 17.5 Å². The largest absolute Gasteiger partial charge is 0.493 e. The van der Waals surface area contributed by atoms with E-state index < -0.39 is 0 Å². The molecule has 1 heterocycles. The highest BCUT2D eigenvalue weighted by molar-refractivity contribution is 6.30. The van der Waals surface area contributed by atoms with Crippen LogP contribution in [0.5, 0.6) is 11.5 Å². The number of methoxy groups -OCH3 is 2. The van der Waals surface area contributed by atoms with Gasteiger partial charge in [-0.05, 0) is 41.8 Å². The Kier molecular flexibility index (Phi) is 6.97. The number of nitrogens with two attached hydrogens (primary N) is 1. The van der Waals surface area contributed by atoms with Gasteiger partial charge in [-0.2, -0.15) is 0 Å². The van der Waals surface area contributed by atoms with Gasteiger partial charge in [-0.15, -0.1) is 0 Å². The number of halogens is 1. The van der Waals surface area contributed by atoms with Crippen molar-refractivity contribution in [3.63, 3.8) is 0 Å². The molecule has 0 amide bonds. The second-order valence-corrected chi connectivity index (χ2v) is 6.77. The molecule has 0 bridgehead atoms. The molecule has 1 aromatic heterocycles. The summed E-state index contributed by atoms with van der Waals surface area (Å²) in [7, 11) is 3.25. The van der Waals surface area contributed by atoms with Crippen molar-refractivity contribution in [2.45, 2.75) is 13.0 Å². The van der Waals surface area contributed by atoms with E-state index in [1.165, 1.54) is 6.33 Å². The molecule has 0 fully saturated rings. The van der Waals surface area contributed by atoms with Crippen molar-refractivity contribution in [3.8, 4) is 11.5 Å². The summed E-state index contributed by atoms with van der Waals surface area (Å²) < 4.78 is 10.6. The summed E-state index contributed by atoms with van der Waals surface area (Å²) in [5.41, 5.74) is 8.90. The molecule has 152 valence electrons. The Morgan fingerprint density at radius 1 is 0.897 bits per heavy atom. The Labute approximate surface area is 175 Å². The molecule has 0 aliphatic carbocycles. The number of ether oxygens (including phenoxy) is 2. The third-order valence-electron chi connectivity index (χ3n) is 4.41. The Bertz CT molecular complexity index is 950. The molecule has 29 heavy (non-hydrogen) atoms. The first kappa shape index (κ1) is 20.5. The van der Waals surface area contributed by atoms with Gasteiger partial charge in [0.25, 0.3) is 0 Å². The van der Waals surface area contributed by atoms with Gasteiger partial charge in [-0.3, -0.25) is 0 Å². The average Bonchev–Trinajstić information content (AvgIpc) is 2.75. The lowest BCUT2D eigenvalue weighted by atomic mass is 10.1. The number of nitrogens with one attached hydrogen (secondary N) is 2. The van der Waals surface area contributed by atoms with Gasteiger partial charge in [-0.1, -0.05) is 29.8 Å². The van der Waals surface area contributed by atoms with Gasteiger partial charge < -0.3 is 25.8 Å². The fourth-order valence-electron chi connectivity index (χ4n) is 2.83. The minimum Gasteiger partial charge on any atom is -0.493 e. The second kappa shape index (κ2) is 9.84. The number of hydrogen-bond acceptors (Lipinski definition) is 7. The van der Waals surface area contributed by atoms with E-state index in [1.54, 1.807) is 14.2 Å². The quantitative estimate of drug-likeness (QED) is 0.488. The molecule has 7 nitrogen and oxygen atoms in total. The summed E-state index contributed by atoms with van der Waals surface area (Å²) in [6.07, 6.45) is 2.26. The predicted molar refractivity (Wildman–Crippen MR) is 117 cm³/mol. The average molecular weight is 414 g/mol. The summed E-state index contributed by atoms with van der Waals surface area (Å²) >= 11 is 5.92. The van der Waals surface area contributed by atoms with Crippen LogP contribution >= 0.6 is 11.6 Å². The molecule has 0 saturated heterocycles. The minimum atomic E-state index is 0.480. The van der Waals surface area contributed by atoms with Crippen LogP contribution in [0.1, 0.15) is 11.1 Å². The normalized spacial score (nSPS) is 10.4. The maximum absolute atomic E-state index is 6.23. The zero-order valence-electron chi connectivity index (χ0n) is 16.4. The molecule has 0 unspecified atom stereocenters. The van der Waals surface area contributed by atoms with E-state index >= 15 is 0 Å². The van der Waals surface area contributed by atoms with E-state index in [-0.39, 0.29) is 0 Å². The van der Waals surface area contributed by atoms with Gasteiger partial charge in [0.15, 0.2) is 23.1 Å². The van der Waals surface area contributed by atoms with Crippen molar-refractivity contribution in [1.29, 1.82) is 0 Å². The molecule has 0 aliphatic heterocycles. The summed E-state index contributed by atoms with van der Waals surface area (Å²) in [5, 5.41) is 7.21. The highest BCUT2D eigenvalue weighted by atomic mass is 35.5. The molecule has 3 aromatic rings. The number of nitrogens with zero attached hydrogens (tertiary/aromatic N) is 2. The van der Waals surface area contributed by atoms with Crippen molar-refractivity contribution in [2.75, 3.05) is 37.1 Å². The molecular formula is C21H24ClN5O2. The number of aromatic nitrogens is 2. The van der Waals surface area contributed by atoms with Crippen LogP contribution in [0.4, 0.5) is 17.3 Å². The van der Waals surface area contributed by atoms with Gasteiger partial charge in [0.1, 0.15) is 12.0 Å². The number of anilines is 3. The molecule has 0 spiro atoms. The van der Waals surface area contributed by atoms with E-state index in [0.29, 0.717) is 46.9 Å². The maximum atomic E-state index is 6.23. The van der Waals surface area contributed by atoms with E-state index in [2.05, 4.69) is 20.6 Å². The first-order chi connectivity index (χ1) is 14.1. The first-order valence-corrected chi connectivity index (χ1v) is 9.52. The van der Waals surface area contributed by atoms with Gasteiger partial charge >= 0.3 is 0 Å².